The van der Waals surface area contributed by atoms with Gasteiger partial charge in [-0.1, -0.05) is 43.3 Å². The van der Waals surface area contributed by atoms with E-state index in [0.717, 1.165) is 12.0 Å². The zero-order valence-corrected chi connectivity index (χ0v) is 12.4. The van der Waals surface area contributed by atoms with Crippen molar-refractivity contribution < 1.29 is 4.39 Å². The van der Waals surface area contributed by atoms with Gasteiger partial charge < -0.3 is 5.32 Å². The molecule has 2 rings (SSSR count). The Kier molecular flexibility index (Phi) is 4.91. The molecule has 0 amide bonds. The van der Waals surface area contributed by atoms with E-state index in [4.69, 9.17) is 0 Å². The highest BCUT2D eigenvalue weighted by atomic mass is 19.1. The fraction of sp³-hybridized carbons (Fsp3) is 0.333. The molecule has 1 N–H and O–H groups in total. The highest BCUT2D eigenvalue weighted by Gasteiger charge is 2.14. The Bertz CT molecular complexity index is 548. The standard InChI is InChI=1S/C18H22FN/c1-4-18(15-9-11-16(19)12-10-15)20-14(3)17-8-6-5-7-13(17)2/h5-12,14,18,20H,4H2,1-3H3/t14-,18?/m0/s1. The molecule has 0 aromatic heterocycles. The normalized spacial score (nSPS) is 14.0. The Hall–Kier alpha value is -1.67. The molecular formula is C18H22FN. The summed E-state index contributed by atoms with van der Waals surface area (Å²) in [5.74, 6) is -0.185. The lowest BCUT2D eigenvalue weighted by atomic mass is 9.99. The predicted octanol–water partition coefficient (Wildman–Crippen LogP) is 4.94. The molecule has 0 heterocycles. The molecular weight excluding hydrogens is 249 g/mol. The van der Waals surface area contributed by atoms with Crippen LogP contribution in [-0.2, 0) is 0 Å². The third-order valence-corrected chi connectivity index (χ3v) is 3.79. The largest absolute Gasteiger partial charge is 0.303 e. The first kappa shape index (κ1) is 14.7. The van der Waals surface area contributed by atoms with Crippen LogP contribution in [0.15, 0.2) is 48.5 Å². The highest BCUT2D eigenvalue weighted by molar-refractivity contribution is 5.29. The second-order valence-electron chi connectivity index (χ2n) is 5.26. The maximum Gasteiger partial charge on any atom is 0.123 e. The first-order valence-electron chi connectivity index (χ1n) is 7.19. The number of halogens is 1. The van der Waals surface area contributed by atoms with Gasteiger partial charge in [-0.3, -0.25) is 0 Å². The van der Waals surface area contributed by atoms with Crippen LogP contribution >= 0.6 is 0 Å². The Balaban J connectivity index is 2.14. The summed E-state index contributed by atoms with van der Waals surface area (Å²) in [6, 6.07) is 15.7. The third-order valence-electron chi connectivity index (χ3n) is 3.79. The molecule has 1 nitrogen and oxygen atoms in total. The Morgan fingerprint density at radius 1 is 1.05 bits per heavy atom. The molecule has 1 unspecified atom stereocenters. The summed E-state index contributed by atoms with van der Waals surface area (Å²) in [5, 5.41) is 3.64. The van der Waals surface area contributed by atoms with Crippen molar-refractivity contribution in [1.29, 1.82) is 0 Å². The number of hydrogen-bond donors (Lipinski definition) is 1. The van der Waals surface area contributed by atoms with Crippen LogP contribution in [0.1, 0.15) is 49.0 Å². The highest BCUT2D eigenvalue weighted by Crippen LogP contribution is 2.24. The van der Waals surface area contributed by atoms with Crippen LogP contribution in [0, 0.1) is 12.7 Å². The minimum Gasteiger partial charge on any atom is -0.303 e. The lowest BCUT2D eigenvalue weighted by molar-refractivity contribution is 0.454. The number of aryl methyl sites for hydroxylation is 1. The lowest BCUT2D eigenvalue weighted by Crippen LogP contribution is -2.24. The van der Waals surface area contributed by atoms with E-state index in [0.29, 0.717) is 0 Å². The van der Waals surface area contributed by atoms with Crippen LogP contribution < -0.4 is 5.32 Å². The van der Waals surface area contributed by atoms with Crippen molar-refractivity contribution in [1.82, 2.24) is 5.32 Å². The molecule has 0 saturated carbocycles. The van der Waals surface area contributed by atoms with Crippen LogP contribution in [0.25, 0.3) is 0 Å². The molecule has 0 aliphatic heterocycles. The van der Waals surface area contributed by atoms with Crippen molar-refractivity contribution in [2.45, 2.75) is 39.3 Å². The SMILES string of the molecule is CCC(N[C@@H](C)c1ccccc1C)c1ccc(F)cc1. The smallest absolute Gasteiger partial charge is 0.123 e. The summed E-state index contributed by atoms with van der Waals surface area (Å²) in [5.41, 5.74) is 3.74. The van der Waals surface area contributed by atoms with Gasteiger partial charge in [0.25, 0.3) is 0 Å². The zero-order valence-electron chi connectivity index (χ0n) is 12.4. The molecule has 0 spiro atoms. The van der Waals surface area contributed by atoms with Crippen molar-refractivity contribution in [2.24, 2.45) is 0 Å². The summed E-state index contributed by atoms with van der Waals surface area (Å²) in [4.78, 5) is 0. The molecule has 106 valence electrons. The lowest BCUT2D eigenvalue weighted by Gasteiger charge is -2.24. The van der Waals surface area contributed by atoms with E-state index in [1.54, 1.807) is 0 Å². The van der Waals surface area contributed by atoms with Gasteiger partial charge in [-0.2, -0.15) is 0 Å². The first-order valence-corrected chi connectivity index (χ1v) is 7.19. The van der Waals surface area contributed by atoms with E-state index in [2.05, 4.69) is 50.4 Å². The molecule has 0 bridgehead atoms. The molecule has 0 aliphatic rings. The number of rotatable bonds is 5. The topological polar surface area (TPSA) is 12.0 Å². The quantitative estimate of drug-likeness (QED) is 0.812. The fourth-order valence-corrected chi connectivity index (χ4v) is 2.61. The minimum atomic E-state index is -0.185. The summed E-state index contributed by atoms with van der Waals surface area (Å²) < 4.78 is 13.0. The van der Waals surface area contributed by atoms with Crippen LogP contribution in [-0.4, -0.2) is 0 Å². The molecule has 0 radical (unpaired) electrons. The molecule has 2 atom stereocenters. The van der Waals surface area contributed by atoms with Crippen molar-refractivity contribution in [3.05, 3.63) is 71.0 Å². The van der Waals surface area contributed by atoms with Gasteiger partial charge in [-0.05, 0) is 49.1 Å². The molecule has 0 aliphatic carbocycles. The minimum absolute atomic E-state index is 0.185. The van der Waals surface area contributed by atoms with Gasteiger partial charge in [0.15, 0.2) is 0 Å². The van der Waals surface area contributed by atoms with E-state index in [1.807, 2.05) is 12.1 Å². The van der Waals surface area contributed by atoms with Crippen LogP contribution in [0.4, 0.5) is 4.39 Å². The van der Waals surface area contributed by atoms with E-state index in [-0.39, 0.29) is 17.9 Å². The van der Waals surface area contributed by atoms with Crippen molar-refractivity contribution in [3.8, 4) is 0 Å². The second-order valence-corrected chi connectivity index (χ2v) is 5.26. The summed E-state index contributed by atoms with van der Waals surface area (Å²) in [6.07, 6.45) is 0.974. The molecule has 2 aromatic carbocycles. The van der Waals surface area contributed by atoms with E-state index in [1.165, 1.54) is 23.3 Å². The van der Waals surface area contributed by atoms with Crippen LogP contribution in [0.5, 0.6) is 0 Å². The maximum atomic E-state index is 13.0. The predicted molar refractivity (Wildman–Crippen MR) is 82.2 cm³/mol. The summed E-state index contributed by atoms with van der Waals surface area (Å²) in [7, 11) is 0. The molecule has 2 aromatic rings. The van der Waals surface area contributed by atoms with Gasteiger partial charge in [-0.15, -0.1) is 0 Å². The third kappa shape index (κ3) is 3.45. The number of hydrogen-bond acceptors (Lipinski definition) is 1. The Labute approximate surface area is 120 Å². The van der Waals surface area contributed by atoms with Gasteiger partial charge in [0.2, 0.25) is 0 Å². The van der Waals surface area contributed by atoms with Gasteiger partial charge in [0, 0.05) is 12.1 Å². The van der Waals surface area contributed by atoms with Crippen LogP contribution in [0.2, 0.25) is 0 Å². The van der Waals surface area contributed by atoms with Gasteiger partial charge in [-0.25, -0.2) is 4.39 Å². The Morgan fingerprint density at radius 3 is 2.30 bits per heavy atom. The second kappa shape index (κ2) is 6.67. The fourth-order valence-electron chi connectivity index (χ4n) is 2.61. The van der Waals surface area contributed by atoms with Crippen molar-refractivity contribution in [2.75, 3.05) is 0 Å². The van der Waals surface area contributed by atoms with E-state index >= 15 is 0 Å². The molecule has 2 heteroatoms. The van der Waals surface area contributed by atoms with Gasteiger partial charge in [0.05, 0.1) is 0 Å². The molecule has 0 saturated heterocycles. The van der Waals surface area contributed by atoms with Crippen LogP contribution in [0.3, 0.4) is 0 Å². The Morgan fingerprint density at radius 2 is 1.70 bits per heavy atom. The monoisotopic (exact) mass is 271 g/mol. The number of benzene rings is 2. The average Bonchev–Trinajstić information content (AvgIpc) is 2.46. The van der Waals surface area contributed by atoms with Crippen molar-refractivity contribution >= 4 is 0 Å². The molecule has 0 fully saturated rings. The summed E-state index contributed by atoms with van der Waals surface area (Å²) >= 11 is 0. The zero-order chi connectivity index (χ0) is 14.5. The van der Waals surface area contributed by atoms with Gasteiger partial charge >= 0.3 is 0 Å². The summed E-state index contributed by atoms with van der Waals surface area (Å²) in [6.45, 7) is 6.45. The van der Waals surface area contributed by atoms with E-state index in [9.17, 15) is 4.39 Å². The van der Waals surface area contributed by atoms with Gasteiger partial charge in [0.1, 0.15) is 5.82 Å². The first-order chi connectivity index (χ1) is 9.61. The van der Waals surface area contributed by atoms with Crippen molar-refractivity contribution in [3.63, 3.8) is 0 Å². The average molecular weight is 271 g/mol. The molecule has 20 heavy (non-hydrogen) atoms. The van der Waals surface area contributed by atoms with E-state index < -0.39 is 0 Å². The maximum absolute atomic E-state index is 13.0. The number of nitrogens with one attached hydrogen (secondary N) is 1.